The number of sulfonamides is 1. The number of nitrogens with zero attached hydrogens (tertiary/aromatic N) is 2. The molecule has 2 aliphatic heterocycles. The highest BCUT2D eigenvalue weighted by atomic mass is 32.2. The van der Waals surface area contributed by atoms with E-state index >= 15 is 0 Å². The maximum absolute atomic E-state index is 12.6. The van der Waals surface area contributed by atoms with E-state index in [0.29, 0.717) is 24.8 Å². The van der Waals surface area contributed by atoms with E-state index in [1.807, 2.05) is 0 Å². The van der Waals surface area contributed by atoms with E-state index in [1.165, 1.54) is 12.8 Å². The Morgan fingerprint density at radius 2 is 1.80 bits per heavy atom. The van der Waals surface area contributed by atoms with E-state index < -0.39 is 10.0 Å². The van der Waals surface area contributed by atoms with E-state index in [-0.39, 0.29) is 4.90 Å². The molecule has 2 aliphatic rings. The minimum atomic E-state index is -3.45. The largest absolute Gasteiger partial charge is 0.398 e. The molecule has 0 aromatic heterocycles. The molecule has 5 nitrogen and oxygen atoms in total. The van der Waals surface area contributed by atoms with Crippen molar-refractivity contribution in [3.05, 3.63) is 24.3 Å². The van der Waals surface area contributed by atoms with Crippen LogP contribution in [0, 0.1) is 0 Å². The lowest BCUT2D eigenvalue weighted by Gasteiger charge is -2.23. The van der Waals surface area contributed by atoms with Crippen molar-refractivity contribution < 1.29 is 8.42 Å². The van der Waals surface area contributed by atoms with Crippen molar-refractivity contribution in [1.29, 1.82) is 0 Å². The second kappa shape index (κ2) is 5.35. The van der Waals surface area contributed by atoms with E-state index in [9.17, 15) is 8.42 Å². The van der Waals surface area contributed by atoms with Gasteiger partial charge in [-0.05, 0) is 44.5 Å². The summed E-state index contributed by atoms with van der Waals surface area (Å²) in [6, 6.07) is 7.08. The Morgan fingerprint density at radius 1 is 1.10 bits per heavy atom. The molecule has 0 saturated carbocycles. The number of hydrogen-bond acceptors (Lipinski definition) is 4. The van der Waals surface area contributed by atoms with Gasteiger partial charge >= 0.3 is 0 Å². The molecule has 2 heterocycles. The minimum absolute atomic E-state index is 0.238. The summed E-state index contributed by atoms with van der Waals surface area (Å²) >= 11 is 0. The first-order valence-electron chi connectivity index (χ1n) is 7.18. The van der Waals surface area contributed by atoms with Crippen LogP contribution in [0.5, 0.6) is 0 Å². The first-order valence-corrected chi connectivity index (χ1v) is 8.62. The maximum atomic E-state index is 12.6. The second-order valence-corrected chi connectivity index (χ2v) is 7.49. The third kappa shape index (κ3) is 2.43. The van der Waals surface area contributed by atoms with Gasteiger partial charge in [-0.25, -0.2) is 8.42 Å². The topological polar surface area (TPSA) is 66.6 Å². The molecule has 0 amide bonds. The SMILES string of the molecule is Nc1ccccc1S(=O)(=O)N1CCC(N2CCCC2)C1. The summed E-state index contributed by atoms with van der Waals surface area (Å²) in [6.45, 7) is 3.40. The third-order valence-corrected chi connectivity index (χ3v) is 6.26. The van der Waals surface area contributed by atoms with Crippen LogP contribution in [0.2, 0.25) is 0 Å². The quantitative estimate of drug-likeness (QED) is 0.849. The van der Waals surface area contributed by atoms with Crippen LogP contribution in [0.15, 0.2) is 29.2 Å². The lowest BCUT2D eigenvalue weighted by molar-refractivity contribution is 0.251. The van der Waals surface area contributed by atoms with Crippen molar-refractivity contribution in [1.82, 2.24) is 9.21 Å². The van der Waals surface area contributed by atoms with Crippen LogP contribution in [0.1, 0.15) is 19.3 Å². The first kappa shape index (κ1) is 13.9. The smallest absolute Gasteiger partial charge is 0.245 e. The number of likely N-dealkylation sites (tertiary alicyclic amines) is 1. The first-order chi connectivity index (χ1) is 9.59. The predicted molar refractivity (Wildman–Crippen MR) is 78.8 cm³/mol. The number of hydrogen-bond donors (Lipinski definition) is 1. The fourth-order valence-electron chi connectivity index (χ4n) is 3.19. The Hall–Kier alpha value is -1.11. The van der Waals surface area contributed by atoms with E-state index in [4.69, 9.17) is 5.73 Å². The Morgan fingerprint density at radius 3 is 2.50 bits per heavy atom. The molecule has 0 aliphatic carbocycles. The van der Waals surface area contributed by atoms with Crippen LogP contribution in [-0.4, -0.2) is 49.8 Å². The van der Waals surface area contributed by atoms with Crippen molar-refractivity contribution in [2.45, 2.75) is 30.2 Å². The van der Waals surface area contributed by atoms with Gasteiger partial charge in [0.1, 0.15) is 4.90 Å². The summed E-state index contributed by atoms with van der Waals surface area (Å²) in [7, 11) is -3.45. The molecule has 1 aromatic rings. The molecule has 2 N–H and O–H groups in total. The van der Waals surface area contributed by atoms with Gasteiger partial charge in [-0.2, -0.15) is 4.31 Å². The van der Waals surface area contributed by atoms with Crippen molar-refractivity contribution >= 4 is 15.7 Å². The van der Waals surface area contributed by atoms with Crippen LogP contribution < -0.4 is 5.73 Å². The fraction of sp³-hybridized carbons (Fsp3) is 0.571. The maximum Gasteiger partial charge on any atom is 0.245 e. The Kier molecular flexibility index (Phi) is 3.70. The van der Waals surface area contributed by atoms with Gasteiger partial charge in [-0.15, -0.1) is 0 Å². The molecule has 20 heavy (non-hydrogen) atoms. The molecule has 110 valence electrons. The van der Waals surface area contributed by atoms with Gasteiger partial charge in [0.2, 0.25) is 10.0 Å². The lowest BCUT2D eigenvalue weighted by Crippen LogP contribution is -2.37. The zero-order chi connectivity index (χ0) is 14.2. The molecular formula is C14H21N3O2S. The van der Waals surface area contributed by atoms with Crippen LogP contribution >= 0.6 is 0 Å². The number of nitrogens with two attached hydrogens (primary N) is 1. The molecule has 1 unspecified atom stereocenters. The van der Waals surface area contributed by atoms with Gasteiger partial charge in [-0.3, -0.25) is 4.90 Å². The van der Waals surface area contributed by atoms with Crippen LogP contribution in [-0.2, 0) is 10.0 Å². The fourth-order valence-corrected chi connectivity index (χ4v) is 4.80. The molecule has 1 aromatic carbocycles. The van der Waals surface area contributed by atoms with Crippen LogP contribution in [0.25, 0.3) is 0 Å². The average Bonchev–Trinajstić information content (AvgIpc) is 3.10. The molecule has 2 fully saturated rings. The van der Waals surface area contributed by atoms with Gasteiger partial charge < -0.3 is 5.73 Å². The molecule has 0 bridgehead atoms. The van der Waals surface area contributed by atoms with Gasteiger partial charge in [0, 0.05) is 19.1 Å². The molecular weight excluding hydrogens is 274 g/mol. The highest BCUT2D eigenvalue weighted by molar-refractivity contribution is 7.89. The summed E-state index contributed by atoms with van der Waals surface area (Å²) in [5.41, 5.74) is 6.15. The van der Waals surface area contributed by atoms with Crippen LogP contribution in [0.3, 0.4) is 0 Å². The molecule has 2 saturated heterocycles. The predicted octanol–water partition coefficient (Wildman–Crippen LogP) is 1.13. The summed E-state index contributed by atoms with van der Waals surface area (Å²) in [5.74, 6) is 0. The molecule has 0 radical (unpaired) electrons. The van der Waals surface area contributed by atoms with Gasteiger partial charge in [0.05, 0.1) is 5.69 Å². The van der Waals surface area contributed by atoms with Crippen molar-refractivity contribution in [3.63, 3.8) is 0 Å². The lowest BCUT2D eigenvalue weighted by atomic mass is 10.2. The third-order valence-electron chi connectivity index (χ3n) is 4.32. The Balaban J connectivity index is 1.78. The van der Waals surface area contributed by atoms with Crippen molar-refractivity contribution in [2.24, 2.45) is 0 Å². The summed E-state index contributed by atoms with van der Waals surface area (Å²) in [4.78, 5) is 2.66. The monoisotopic (exact) mass is 295 g/mol. The van der Waals surface area contributed by atoms with Gasteiger partial charge in [0.15, 0.2) is 0 Å². The number of para-hydroxylation sites is 1. The summed E-state index contributed by atoms with van der Waals surface area (Å²) < 4.78 is 26.9. The van der Waals surface area contributed by atoms with Gasteiger partial charge in [0.25, 0.3) is 0 Å². The van der Waals surface area contributed by atoms with E-state index in [1.54, 1.807) is 28.6 Å². The van der Waals surface area contributed by atoms with Gasteiger partial charge in [-0.1, -0.05) is 12.1 Å². The zero-order valence-electron chi connectivity index (χ0n) is 11.5. The number of nitrogen functional groups attached to an aromatic ring is 1. The molecule has 0 spiro atoms. The van der Waals surface area contributed by atoms with E-state index in [2.05, 4.69) is 4.90 Å². The number of anilines is 1. The number of rotatable bonds is 3. The zero-order valence-corrected chi connectivity index (χ0v) is 12.3. The standard InChI is InChI=1S/C14H21N3O2S/c15-13-5-1-2-6-14(13)20(18,19)17-10-7-12(11-17)16-8-3-4-9-16/h1-2,5-6,12H,3-4,7-11,15H2. The molecule has 1 atom stereocenters. The van der Waals surface area contributed by atoms with Crippen molar-refractivity contribution in [3.8, 4) is 0 Å². The Bertz CT molecular complexity index is 582. The minimum Gasteiger partial charge on any atom is -0.398 e. The molecule has 6 heteroatoms. The molecule has 3 rings (SSSR count). The summed E-state index contributed by atoms with van der Waals surface area (Å²) in [5, 5.41) is 0. The van der Waals surface area contributed by atoms with Crippen molar-refractivity contribution in [2.75, 3.05) is 31.9 Å². The van der Waals surface area contributed by atoms with E-state index in [0.717, 1.165) is 19.5 Å². The summed E-state index contributed by atoms with van der Waals surface area (Å²) in [6.07, 6.45) is 3.38. The highest BCUT2D eigenvalue weighted by Crippen LogP contribution is 2.28. The normalized spacial score (nSPS) is 25.3. The second-order valence-electron chi connectivity index (χ2n) is 5.59. The number of benzene rings is 1. The average molecular weight is 295 g/mol. The Labute approximate surface area is 120 Å². The highest BCUT2D eigenvalue weighted by Gasteiger charge is 2.36. The van der Waals surface area contributed by atoms with Crippen LogP contribution in [0.4, 0.5) is 5.69 Å².